The molecule has 18 heavy (non-hydrogen) atoms. The highest BCUT2D eigenvalue weighted by Crippen LogP contribution is 2.33. The van der Waals surface area contributed by atoms with E-state index in [9.17, 15) is 9.59 Å². The number of carbonyl (C=O) groups is 2. The molecule has 1 aliphatic rings. The first kappa shape index (κ1) is 11.8. The summed E-state index contributed by atoms with van der Waals surface area (Å²) in [5.41, 5.74) is 0.552. The Labute approximate surface area is 102 Å². The third-order valence-corrected chi connectivity index (χ3v) is 2.63. The molecule has 1 aliphatic heterocycles. The minimum absolute atomic E-state index is 0.0129. The summed E-state index contributed by atoms with van der Waals surface area (Å²) in [6, 6.07) is 3.20. The predicted octanol–water partition coefficient (Wildman–Crippen LogP) is 0.705. The van der Waals surface area contributed by atoms with Crippen LogP contribution in [0.1, 0.15) is 11.5 Å². The Morgan fingerprint density at radius 1 is 1.06 bits per heavy atom. The minimum Gasteiger partial charge on any atom is -0.478 e. The molecule has 1 aromatic rings. The van der Waals surface area contributed by atoms with Crippen LogP contribution in [0.4, 0.5) is 0 Å². The summed E-state index contributed by atoms with van der Waals surface area (Å²) in [6.45, 7) is 0. The lowest BCUT2D eigenvalue weighted by atomic mass is 9.84. The Morgan fingerprint density at radius 2 is 1.56 bits per heavy atom. The lowest BCUT2D eigenvalue weighted by Gasteiger charge is -2.22. The predicted molar refractivity (Wildman–Crippen MR) is 61.6 cm³/mol. The summed E-state index contributed by atoms with van der Waals surface area (Å²) < 4.78 is 0. The van der Waals surface area contributed by atoms with E-state index in [1.54, 1.807) is 12.1 Å². The molecule has 2 heterocycles. The van der Waals surface area contributed by atoms with E-state index in [4.69, 9.17) is 10.2 Å². The second-order valence-corrected chi connectivity index (χ2v) is 3.69. The van der Waals surface area contributed by atoms with Crippen LogP contribution in [0.25, 0.3) is 0 Å². The van der Waals surface area contributed by atoms with Gasteiger partial charge in [0.2, 0.25) is 0 Å². The molecule has 0 bridgehead atoms. The van der Waals surface area contributed by atoms with Crippen LogP contribution < -0.4 is 5.32 Å². The van der Waals surface area contributed by atoms with Gasteiger partial charge in [0.1, 0.15) is 0 Å². The Hall–Kier alpha value is -2.63. The lowest BCUT2D eigenvalue weighted by molar-refractivity contribution is -0.133. The number of rotatable bonds is 3. The number of aliphatic carboxylic acids is 2. The normalized spacial score (nSPS) is 15.3. The average Bonchev–Trinajstić information content (AvgIpc) is 2.38. The number of nitrogens with one attached hydrogen (secondary N) is 1. The van der Waals surface area contributed by atoms with Crippen molar-refractivity contribution in [3.63, 3.8) is 0 Å². The number of nitrogens with zero attached hydrogens (tertiary/aromatic N) is 1. The van der Waals surface area contributed by atoms with E-state index < -0.39 is 17.9 Å². The zero-order chi connectivity index (χ0) is 13.1. The number of carboxylic acid groups (broad SMARTS) is 2. The zero-order valence-corrected chi connectivity index (χ0v) is 9.20. The maximum absolute atomic E-state index is 11.2. The van der Waals surface area contributed by atoms with Gasteiger partial charge in [0.15, 0.2) is 0 Å². The second kappa shape index (κ2) is 4.70. The minimum atomic E-state index is -1.16. The molecule has 3 N–H and O–H groups in total. The van der Waals surface area contributed by atoms with Crippen LogP contribution in [-0.4, -0.2) is 27.1 Å². The molecule has 0 aliphatic carbocycles. The van der Waals surface area contributed by atoms with E-state index in [0.29, 0.717) is 5.56 Å². The molecule has 2 rings (SSSR count). The molecular formula is C12H10N2O4. The SMILES string of the molecule is O=C(O)C1=CNC=C(C(=O)O)C1c1ccncc1. The summed E-state index contributed by atoms with van der Waals surface area (Å²) in [4.78, 5) is 26.2. The van der Waals surface area contributed by atoms with Crippen molar-refractivity contribution in [3.8, 4) is 0 Å². The van der Waals surface area contributed by atoms with E-state index in [-0.39, 0.29) is 11.1 Å². The first-order chi connectivity index (χ1) is 8.61. The van der Waals surface area contributed by atoms with Gasteiger partial charge in [-0.15, -0.1) is 0 Å². The van der Waals surface area contributed by atoms with Crippen molar-refractivity contribution in [2.24, 2.45) is 0 Å². The van der Waals surface area contributed by atoms with Gasteiger partial charge in [-0.05, 0) is 17.7 Å². The number of dihydropyridines is 1. The van der Waals surface area contributed by atoms with Gasteiger partial charge in [0, 0.05) is 24.8 Å². The molecule has 0 saturated heterocycles. The lowest BCUT2D eigenvalue weighted by Crippen LogP contribution is -2.24. The Balaban J connectivity index is 2.50. The fourth-order valence-corrected chi connectivity index (χ4v) is 1.84. The fourth-order valence-electron chi connectivity index (χ4n) is 1.84. The van der Waals surface area contributed by atoms with E-state index in [2.05, 4.69) is 10.3 Å². The molecular weight excluding hydrogens is 236 g/mol. The maximum atomic E-state index is 11.2. The number of hydrogen-bond acceptors (Lipinski definition) is 4. The van der Waals surface area contributed by atoms with Gasteiger partial charge in [-0.2, -0.15) is 0 Å². The van der Waals surface area contributed by atoms with Crippen LogP contribution >= 0.6 is 0 Å². The number of aromatic nitrogens is 1. The smallest absolute Gasteiger partial charge is 0.334 e. The van der Waals surface area contributed by atoms with Gasteiger partial charge in [0.25, 0.3) is 0 Å². The van der Waals surface area contributed by atoms with Crippen molar-refractivity contribution in [1.29, 1.82) is 0 Å². The molecule has 0 fully saturated rings. The van der Waals surface area contributed by atoms with Crippen LogP contribution in [-0.2, 0) is 9.59 Å². The Bertz CT molecular complexity index is 518. The highest BCUT2D eigenvalue weighted by atomic mass is 16.4. The van der Waals surface area contributed by atoms with Gasteiger partial charge in [-0.3, -0.25) is 4.98 Å². The van der Waals surface area contributed by atoms with Gasteiger partial charge in [-0.25, -0.2) is 9.59 Å². The van der Waals surface area contributed by atoms with Crippen LogP contribution in [0.3, 0.4) is 0 Å². The van der Waals surface area contributed by atoms with E-state index in [1.807, 2.05) is 0 Å². The second-order valence-electron chi connectivity index (χ2n) is 3.69. The van der Waals surface area contributed by atoms with Crippen LogP contribution in [0.15, 0.2) is 48.1 Å². The van der Waals surface area contributed by atoms with Crippen LogP contribution in [0.2, 0.25) is 0 Å². The molecule has 0 radical (unpaired) electrons. The molecule has 6 heteroatoms. The van der Waals surface area contributed by atoms with Gasteiger partial charge >= 0.3 is 11.9 Å². The third-order valence-electron chi connectivity index (χ3n) is 2.63. The largest absolute Gasteiger partial charge is 0.478 e. The van der Waals surface area contributed by atoms with Crippen molar-refractivity contribution in [2.75, 3.05) is 0 Å². The van der Waals surface area contributed by atoms with E-state index in [1.165, 1.54) is 24.8 Å². The molecule has 0 saturated carbocycles. The molecule has 6 nitrogen and oxygen atoms in total. The zero-order valence-electron chi connectivity index (χ0n) is 9.20. The van der Waals surface area contributed by atoms with Crippen molar-refractivity contribution in [3.05, 3.63) is 53.6 Å². The highest BCUT2D eigenvalue weighted by Gasteiger charge is 2.31. The molecule has 0 spiro atoms. The quantitative estimate of drug-likeness (QED) is 0.726. The fraction of sp³-hybridized carbons (Fsp3) is 0.0833. The summed E-state index contributed by atoms with van der Waals surface area (Å²) in [5, 5.41) is 20.8. The molecule has 0 unspecified atom stereocenters. The van der Waals surface area contributed by atoms with Gasteiger partial charge < -0.3 is 15.5 Å². The van der Waals surface area contributed by atoms with E-state index >= 15 is 0 Å². The van der Waals surface area contributed by atoms with Crippen LogP contribution in [0, 0.1) is 0 Å². The van der Waals surface area contributed by atoms with Crippen molar-refractivity contribution >= 4 is 11.9 Å². The average molecular weight is 246 g/mol. The summed E-state index contributed by atoms with van der Waals surface area (Å²) in [5.74, 6) is -3.11. The first-order valence-electron chi connectivity index (χ1n) is 5.14. The van der Waals surface area contributed by atoms with Crippen molar-refractivity contribution in [1.82, 2.24) is 10.3 Å². The van der Waals surface area contributed by atoms with Gasteiger partial charge in [0.05, 0.1) is 17.1 Å². The summed E-state index contributed by atoms with van der Waals surface area (Å²) >= 11 is 0. The summed E-state index contributed by atoms with van der Waals surface area (Å²) in [7, 11) is 0. The topological polar surface area (TPSA) is 99.5 Å². The van der Waals surface area contributed by atoms with Crippen molar-refractivity contribution in [2.45, 2.75) is 5.92 Å². The number of carboxylic acids is 2. The number of hydrogen-bond donors (Lipinski definition) is 3. The Morgan fingerprint density at radius 3 is 2.00 bits per heavy atom. The molecule has 0 amide bonds. The van der Waals surface area contributed by atoms with E-state index in [0.717, 1.165) is 0 Å². The molecule has 0 atom stereocenters. The first-order valence-corrected chi connectivity index (χ1v) is 5.14. The number of pyridine rings is 1. The molecule has 0 aromatic carbocycles. The van der Waals surface area contributed by atoms with Gasteiger partial charge in [-0.1, -0.05) is 0 Å². The maximum Gasteiger partial charge on any atom is 0.334 e. The molecule has 1 aromatic heterocycles. The monoisotopic (exact) mass is 246 g/mol. The summed E-state index contributed by atoms with van der Waals surface area (Å²) in [6.07, 6.45) is 5.58. The van der Waals surface area contributed by atoms with Crippen molar-refractivity contribution < 1.29 is 19.8 Å². The van der Waals surface area contributed by atoms with Crippen LogP contribution in [0.5, 0.6) is 0 Å². The Kier molecular flexibility index (Phi) is 3.09. The standard InChI is InChI=1S/C12H10N2O4/c15-11(16)8-5-14-6-9(12(17)18)10(8)7-1-3-13-4-2-7/h1-6,10,14H,(H,15,16)(H,17,18). The highest BCUT2D eigenvalue weighted by molar-refractivity contribution is 5.97. The third kappa shape index (κ3) is 2.08. The molecule has 92 valence electrons.